The number of benzene rings is 1. The summed E-state index contributed by atoms with van der Waals surface area (Å²) in [5, 5.41) is 3.20. The molecule has 5 nitrogen and oxygen atoms in total. The highest BCUT2D eigenvalue weighted by Gasteiger charge is 2.09. The standard InChI is InChI=1S/C14H21NO4/c1-10-7-11(17-2)8-13(18-3)12(10)9-15-6-5-14(16)19-4/h7-8,15H,5-6,9H2,1-4H3. The summed E-state index contributed by atoms with van der Waals surface area (Å²) < 4.78 is 15.1. The number of methoxy groups -OCH3 is 3. The first-order chi connectivity index (χ1) is 9.12. The van der Waals surface area contributed by atoms with Gasteiger partial charge in [-0.25, -0.2) is 0 Å². The monoisotopic (exact) mass is 267 g/mol. The van der Waals surface area contributed by atoms with Gasteiger partial charge in [0.2, 0.25) is 0 Å². The van der Waals surface area contributed by atoms with Gasteiger partial charge in [-0.1, -0.05) is 0 Å². The van der Waals surface area contributed by atoms with Crippen LogP contribution in [0.25, 0.3) is 0 Å². The van der Waals surface area contributed by atoms with Gasteiger partial charge in [0, 0.05) is 24.7 Å². The lowest BCUT2D eigenvalue weighted by atomic mass is 10.1. The van der Waals surface area contributed by atoms with Crippen molar-refractivity contribution in [3.05, 3.63) is 23.3 Å². The average Bonchev–Trinajstić information content (AvgIpc) is 2.43. The maximum atomic E-state index is 11.0. The third kappa shape index (κ3) is 4.44. The molecule has 0 spiro atoms. The molecule has 0 bridgehead atoms. The molecule has 0 aromatic heterocycles. The lowest BCUT2D eigenvalue weighted by Crippen LogP contribution is -2.19. The Bertz CT molecular complexity index is 432. The Hall–Kier alpha value is -1.75. The zero-order valence-corrected chi connectivity index (χ0v) is 11.9. The first-order valence-corrected chi connectivity index (χ1v) is 6.11. The number of esters is 1. The van der Waals surface area contributed by atoms with E-state index in [0.717, 1.165) is 22.6 Å². The van der Waals surface area contributed by atoms with Crippen LogP contribution in [0, 0.1) is 6.92 Å². The molecule has 0 aliphatic heterocycles. The highest BCUT2D eigenvalue weighted by molar-refractivity contribution is 5.69. The van der Waals surface area contributed by atoms with Gasteiger partial charge < -0.3 is 19.5 Å². The molecule has 0 amide bonds. The fourth-order valence-corrected chi connectivity index (χ4v) is 1.79. The molecule has 0 atom stereocenters. The van der Waals surface area contributed by atoms with Gasteiger partial charge in [0.25, 0.3) is 0 Å². The first kappa shape index (κ1) is 15.3. The maximum Gasteiger partial charge on any atom is 0.306 e. The molecule has 0 fully saturated rings. The molecule has 1 aromatic carbocycles. The Morgan fingerprint density at radius 1 is 1.21 bits per heavy atom. The molecule has 1 aromatic rings. The van der Waals surface area contributed by atoms with Crippen LogP contribution in [-0.4, -0.2) is 33.8 Å². The average molecular weight is 267 g/mol. The van der Waals surface area contributed by atoms with E-state index >= 15 is 0 Å². The predicted octanol–water partition coefficient (Wildman–Crippen LogP) is 1.66. The molecule has 1 N–H and O–H groups in total. The minimum Gasteiger partial charge on any atom is -0.497 e. The second-order valence-corrected chi connectivity index (χ2v) is 4.13. The van der Waals surface area contributed by atoms with E-state index in [2.05, 4.69) is 10.1 Å². The smallest absolute Gasteiger partial charge is 0.306 e. The maximum absolute atomic E-state index is 11.0. The van der Waals surface area contributed by atoms with Crippen molar-refractivity contribution in [2.75, 3.05) is 27.9 Å². The molecule has 5 heteroatoms. The molecule has 0 aliphatic rings. The SMILES string of the molecule is COC(=O)CCNCc1c(C)cc(OC)cc1OC. The Labute approximate surface area is 113 Å². The second-order valence-electron chi connectivity index (χ2n) is 4.13. The number of ether oxygens (including phenoxy) is 3. The van der Waals surface area contributed by atoms with Gasteiger partial charge in [-0.15, -0.1) is 0 Å². The molecule has 19 heavy (non-hydrogen) atoms. The zero-order valence-electron chi connectivity index (χ0n) is 11.9. The molecular formula is C14H21NO4. The summed E-state index contributed by atoms with van der Waals surface area (Å²) in [5.41, 5.74) is 2.15. The molecule has 0 saturated heterocycles. The van der Waals surface area contributed by atoms with Crippen molar-refractivity contribution < 1.29 is 19.0 Å². The van der Waals surface area contributed by atoms with E-state index in [1.165, 1.54) is 7.11 Å². The summed E-state index contributed by atoms with van der Waals surface area (Å²) in [6, 6.07) is 3.81. The number of hydrogen-bond acceptors (Lipinski definition) is 5. The summed E-state index contributed by atoms with van der Waals surface area (Å²) >= 11 is 0. The van der Waals surface area contributed by atoms with Gasteiger partial charge in [-0.3, -0.25) is 4.79 Å². The van der Waals surface area contributed by atoms with Gasteiger partial charge in [0.1, 0.15) is 11.5 Å². The summed E-state index contributed by atoms with van der Waals surface area (Å²) in [7, 11) is 4.65. The van der Waals surface area contributed by atoms with E-state index in [1.807, 2.05) is 19.1 Å². The van der Waals surface area contributed by atoms with Gasteiger partial charge >= 0.3 is 5.97 Å². The summed E-state index contributed by atoms with van der Waals surface area (Å²) in [6.07, 6.45) is 0.355. The van der Waals surface area contributed by atoms with Crippen molar-refractivity contribution in [3.8, 4) is 11.5 Å². The van der Waals surface area contributed by atoms with Gasteiger partial charge in [-0.05, 0) is 18.6 Å². The largest absolute Gasteiger partial charge is 0.497 e. The molecule has 0 saturated carbocycles. The first-order valence-electron chi connectivity index (χ1n) is 6.11. The number of nitrogens with one attached hydrogen (secondary N) is 1. The number of carbonyl (C=O) groups is 1. The van der Waals surface area contributed by atoms with E-state index < -0.39 is 0 Å². The quantitative estimate of drug-likeness (QED) is 0.601. The Morgan fingerprint density at radius 3 is 2.53 bits per heavy atom. The zero-order chi connectivity index (χ0) is 14.3. The van der Waals surface area contributed by atoms with Crippen molar-refractivity contribution in [1.29, 1.82) is 0 Å². The van der Waals surface area contributed by atoms with Crippen LogP contribution >= 0.6 is 0 Å². The number of carbonyl (C=O) groups excluding carboxylic acids is 1. The lowest BCUT2D eigenvalue weighted by molar-refractivity contribution is -0.140. The summed E-state index contributed by atoms with van der Waals surface area (Å²) in [5.74, 6) is 1.33. The van der Waals surface area contributed by atoms with Crippen LogP contribution in [0.3, 0.4) is 0 Å². The second kappa shape index (κ2) is 7.63. The van der Waals surface area contributed by atoms with E-state index in [0.29, 0.717) is 19.5 Å². The van der Waals surface area contributed by atoms with E-state index in [-0.39, 0.29) is 5.97 Å². The molecular weight excluding hydrogens is 246 g/mol. The highest BCUT2D eigenvalue weighted by atomic mass is 16.5. The van der Waals surface area contributed by atoms with E-state index in [4.69, 9.17) is 9.47 Å². The van der Waals surface area contributed by atoms with Crippen LogP contribution in [-0.2, 0) is 16.1 Å². The van der Waals surface area contributed by atoms with Crippen LogP contribution < -0.4 is 14.8 Å². The van der Waals surface area contributed by atoms with Crippen LogP contribution in [0.5, 0.6) is 11.5 Å². The van der Waals surface area contributed by atoms with Crippen molar-refractivity contribution in [2.45, 2.75) is 19.9 Å². The van der Waals surface area contributed by atoms with Crippen LogP contribution in [0.1, 0.15) is 17.5 Å². The fourth-order valence-electron chi connectivity index (χ4n) is 1.79. The Balaban J connectivity index is 2.64. The number of aryl methyl sites for hydroxylation is 1. The van der Waals surface area contributed by atoms with Gasteiger partial charge in [0.15, 0.2) is 0 Å². The minimum atomic E-state index is -0.217. The normalized spacial score (nSPS) is 10.1. The van der Waals surface area contributed by atoms with E-state index in [1.54, 1.807) is 14.2 Å². The third-order valence-corrected chi connectivity index (χ3v) is 2.90. The Morgan fingerprint density at radius 2 is 1.95 bits per heavy atom. The molecule has 0 unspecified atom stereocenters. The van der Waals surface area contributed by atoms with Crippen molar-refractivity contribution in [3.63, 3.8) is 0 Å². The molecule has 106 valence electrons. The Kier molecular flexibility index (Phi) is 6.15. The molecule has 0 heterocycles. The number of hydrogen-bond donors (Lipinski definition) is 1. The topological polar surface area (TPSA) is 56.8 Å². The fraction of sp³-hybridized carbons (Fsp3) is 0.500. The van der Waals surface area contributed by atoms with Crippen molar-refractivity contribution in [1.82, 2.24) is 5.32 Å². The van der Waals surface area contributed by atoms with Crippen molar-refractivity contribution in [2.24, 2.45) is 0 Å². The molecule has 0 aliphatic carbocycles. The van der Waals surface area contributed by atoms with Crippen LogP contribution in [0.4, 0.5) is 0 Å². The summed E-state index contributed by atoms with van der Waals surface area (Å²) in [6.45, 7) is 3.21. The van der Waals surface area contributed by atoms with Crippen LogP contribution in [0.15, 0.2) is 12.1 Å². The summed E-state index contributed by atoms with van der Waals surface area (Å²) in [4.78, 5) is 11.0. The lowest BCUT2D eigenvalue weighted by Gasteiger charge is -2.14. The van der Waals surface area contributed by atoms with E-state index in [9.17, 15) is 4.79 Å². The van der Waals surface area contributed by atoms with Crippen LogP contribution in [0.2, 0.25) is 0 Å². The minimum absolute atomic E-state index is 0.217. The third-order valence-electron chi connectivity index (χ3n) is 2.90. The van der Waals surface area contributed by atoms with Gasteiger partial charge in [-0.2, -0.15) is 0 Å². The molecule has 0 radical (unpaired) electrons. The molecule has 1 rings (SSSR count). The van der Waals surface area contributed by atoms with Gasteiger partial charge in [0.05, 0.1) is 27.8 Å². The predicted molar refractivity (Wildman–Crippen MR) is 72.6 cm³/mol. The number of rotatable bonds is 7. The van der Waals surface area contributed by atoms with Crippen molar-refractivity contribution >= 4 is 5.97 Å². The highest BCUT2D eigenvalue weighted by Crippen LogP contribution is 2.28.